The number of nitrogens with zero attached hydrogens (tertiary/aromatic N) is 1. The summed E-state index contributed by atoms with van der Waals surface area (Å²) in [7, 11) is 0. The fourth-order valence-corrected chi connectivity index (χ4v) is 3.69. The van der Waals surface area contributed by atoms with Crippen LogP contribution in [0.2, 0.25) is 0 Å². The maximum absolute atomic E-state index is 13.0. The molecule has 0 saturated carbocycles. The first-order chi connectivity index (χ1) is 14.6. The lowest BCUT2D eigenvalue weighted by molar-refractivity contribution is -0.141. The molecule has 2 aromatic carbocycles. The molecule has 0 aliphatic heterocycles. The summed E-state index contributed by atoms with van der Waals surface area (Å²) in [4.78, 5) is 27.0. The number of hydrogen-bond donors (Lipinski definition) is 1. The van der Waals surface area contributed by atoms with Crippen molar-refractivity contribution in [3.05, 3.63) is 64.1 Å². The minimum absolute atomic E-state index is 0.0210. The normalized spacial score (nSPS) is 12.2. The van der Waals surface area contributed by atoms with E-state index in [1.54, 1.807) is 11.8 Å². The molecule has 0 heterocycles. The van der Waals surface area contributed by atoms with Crippen molar-refractivity contribution in [2.75, 3.05) is 19.7 Å². The zero-order valence-corrected chi connectivity index (χ0v) is 20.7. The highest BCUT2D eigenvalue weighted by molar-refractivity contribution is 9.10. The van der Waals surface area contributed by atoms with Crippen molar-refractivity contribution < 1.29 is 14.3 Å². The van der Waals surface area contributed by atoms with Gasteiger partial charge in [-0.1, -0.05) is 57.2 Å². The van der Waals surface area contributed by atoms with Crippen LogP contribution in [-0.4, -0.2) is 42.5 Å². The average molecular weight is 489 g/mol. The van der Waals surface area contributed by atoms with Crippen LogP contribution in [0, 0.1) is 0 Å². The number of carbonyl (C=O) groups is 2. The van der Waals surface area contributed by atoms with Crippen LogP contribution < -0.4 is 10.1 Å². The molecule has 0 spiro atoms. The van der Waals surface area contributed by atoms with Crippen molar-refractivity contribution in [1.82, 2.24) is 10.2 Å². The van der Waals surface area contributed by atoms with Crippen LogP contribution in [0.5, 0.6) is 5.75 Å². The first-order valence-electron chi connectivity index (χ1n) is 10.7. The Labute approximate surface area is 194 Å². The van der Waals surface area contributed by atoms with Crippen molar-refractivity contribution in [3.8, 4) is 5.75 Å². The van der Waals surface area contributed by atoms with Crippen LogP contribution in [0.25, 0.3) is 0 Å². The number of nitrogens with one attached hydrogen (secondary N) is 1. The molecule has 0 radical (unpaired) electrons. The first kappa shape index (κ1) is 24.9. The van der Waals surface area contributed by atoms with E-state index in [0.29, 0.717) is 25.3 Å². The fraction of sp³-hybridized carbons (Fsp3) is 0.440. The van der Waals surface area contributed by atoms with Gasteiger partial charge < -0.3 is 15.0 Å². The number of carbonyl (C=O) groups excluding carboxylic acids is 2. The topological polar surface area (TPSA) is 58.6 Å². The Morgan fingerprint density at radius 2 is 1.81 bits per heavy atom. The lowest BCUT2D eigenvalue weighted by Gasteiger charge is -2.28. The molecule has 0 fully saturated rings. The van der Waals surface area contributed by atoms with E-state index in [2.05, 4.69) is 42.0 Å². The van der Waals surface area contributed by atoms with E-state index in [9.17, 15) is 9.59 Å². The third kappa shape index (κ3) is 7.39. The second kappa shape index (κ2) is 11.3. The Hall–Kier alpha value is -2.34. The number of hydrogen-bond acceptors (Lipinski definition) is 3. The number of amides is 2. The van der Waals surface area contributed by atoms with E-state index in [-0.39, 0.29) is 23.8 Å². The summed E-state index contributed by atoms with van der Waals surface area (Å²) in [6, 6.07) is 15.3. The van der Waals surface area contributed by atoms with Crippen molar-refractivity contribution in [2.24, 2.45) is 0 Å². The molecule has 0 aromatic heterocycles. The molecule has 0 aliphatic rings. The fourth-order valence-electron chi connectivity index (χ4n) is 3.20. The van der Waals surface area contributed by atoms with Gasteiger partial charge in [0.1, 0.15) is 11.8 Å². The van der Waals surface area contributed by atoms with Gasteiger partial charge >= 0.3 is 0 Å². The minimum atomic E-state index is -0.577. The molecule has 168 valence electrons. The minimum Gasteiger partial charge on any atom is -0.483 e. The Morgan fingerprint density at radius 3 is 2.39 bits per heavy atom. The monoisotopic (exact) mass is 488 g/mol. The van der Waals surface area contributed by atoms with Gasteiger partial charge in [0.15, 0.2) is 6.61 Å². The summed E-state index contributed by atoms with van der Waals surface area (Å²) in [6.07, 6.45) is 0.667. The third-order valence-electron chi connectivity index (χ3n) is 5.15. The quantitative estimate of drug-likeness (QED) is 0.555. The van der Waals surface area contributed by atoms with Gasteiger partial charge in [-0.2, -0.15) is 0 Å². The summed E-state index contributed by atoms with van der Waals surface area (Å²) in [6.45, 7) is 10.9. The zero-order valence-electron chi connectivity index (χ0n) is 19.1. The number of benzene rings is 2. The van der Waals surface area contributed by atoms with E-state index < -0.39 is 6.04 Å². The number of rotatable bonds is 9. The van der Waals surface area contributed by atoms with E-state index >= 15 is 0 Å². The second-order valence-corrected chi connectivity index (χ2v) is 9.43. The number of likely N-dealkylation sites (N-methyl/N-ethyl adjacent to an activating group) is 1. The van der Waals surface area contributed by atoms with Gasteiger partial charge in [-0.05, 0) is 64.9 Å². The molecule has 5 nitrogen and oxygen atoms in total. The molecule has 2 rings (SSSR count). The van der Waals surface area contributed by atoms with Gasteiger partial charge in [0.05, 0.1) is 4.47 Å². The molecule has 1 unspecified atom stereocenters. The van der Waals surface area contributed by atoms with Gasteiger partial charge in [-0.3, -0.25) is 9.59 Å². The van der Waals surface area contributed by atoms with Crippen LogP contribution in [0.4, 0.5) is 0 Å². The van der Waals surface area contributed by atoms with Gasteiger partial charge in [-0.15, -0.1) is 0 Å². The highest BCUT2D eigenvalue weighted by Crippen LogP contribution is 2.31. The molecule has 0 saturated heterocycles. The maximum Gasteiger partial charge on any atom is 0.261 e. The van der Waals surface area contributed by atoms with Crippen LogP contribution in [0.3, 0.4) is 0 Å². The van der Waals surface area contributed by atoms with Crippen LogP contribution in [0.1, 0.15) is 45.7 Å². The predicted molar refractivity (Wildman–Crippen MR) is 128 cm³/mol. The first-order valence-corrected chi connectivity index (χ1v) is 11.5. The van der Waals surface area contributed by atoms with Crippen LogP contribution in [-0.2, 0) is 21.4 Å². The molecule has 0 aliphatic carbocycles. The Bertz CT molecular complexity index is 878. The van der Waals surface area contributed by atoms with E-state index in [1.807, 2.05) is 55.5 Å². The second-order valence-electron chi connectivity index (χ2n) is 8.58. The van der Waals surface area contributed by atoms with Crippen molar-refractivity contribution in [3.63, 3.8) is 0 Å². The molecule has 31 heavy (non-hydrogen) atoms. The summed E-state index contributed by atoms with van der Waals surface area (Å²) in [5.74, 6) is 0.219. The standard InChI is InChI=1S/C25H33BrN2O3/c1-6-27-24(30)18(2)28(15-14-19-10-8-7-9-11-19)23(29)17-31-22-13-12-20(16-21(22)26)25(3,4)5/h7-13,16,18H,6,14-15,17H2,1-5H3,(H,27,30). The van der Waals surface area contributed by atoms with Crippen molar-refractivity contribution in [1.29, 1.82) is 0 Å². The van der Waals surface area contributed by atoms with E-state index in [0.717, 1.165) is 10.0 Å². The zero-order chi connectivity index (χ0) is 23.0. The third-order valence-corrected chi connectivity index (χ3v) is 5.77. The summed E-state index contributed by atoms with van der Waals surface area (Å²) in [5, 5.41) is 2.80. The van der Waals surface area contributed by atoms with Crippen molar-refractivity contribution in [2.45, 2.75) is 52.5 Å². The van der Waals surface area contributed by atoms with Gasteiger partial charge in [0.25, 0.3) is 5.91 Å². The molecule has 1 N–H and O–H groups in total. The van der Waals surface area contributed by atoms with Gasteiger partial charge in [0, 0.05) is 13.1 Å². The summed E-state index contributed by atoms with van der Waals surface area (Å²) >= 11 is 3.55. The van der Waals surface area contributed by atoms with Crippen LogP contribution >= 0.6 is 15.9 Å². The summed E-state index contributed by atoms with van der Waals surface area (Å²) < 4.78 is 6.63. The molecular weight excluding hydrogens is 456 g/mol. The molecule has 1 atom stereocenters. The highest BCUT2D eigenvalue weighted by Gasteiger charge is 2.26. The Morgan fingerprint density at radius 1 is 1.13 bits per heavy atom. The van der Waals surface area contributed by atoms with E-state index in [4.69, 9.17) is 4.74 Å². The Balaban J connectivity index is 2.10. The molecule has 2 aromatic rings. The average Bonchev–Trinajstić information content (AvgIpc) is 2.73. The largest absolute Gasteiger partial charge is 0.483 e. The lowest BCUT2D eigenvalue weighted by atomic mass is 9.87. The number of ether oxygens (including phenoxy) is 1. The highest BCUT2D eigenvalue weighted by atomic mass is 79.9. The molecular formula is C25H33BrN2O3. The smallest absolute Gasteiger partial charge is 0.261 e. The van der Waals surface area contributed by atoms with Gasteiger partial charge in [-0.25, -0.2) is 0 Å². The predicted octanol–water partition coefficient (Wildman–Crippen LogP) is 4.72. The van der Waals surface area contributed by atoms with Crippen LogP contribution in [0.15, 0.2) is 53.0 Å². The lowest BCUT2D eigenvalue weighted by Crippen LogP contribution is -2.50. The Kier molecular flexibility index (Phi) is 9.11. The molecule has 2 amide bonds. The number of halogens is 1. The summed E-state index contributed by atoms with van der Waals surface area (Å²) in [5.41, 5.74) is 2.31. The molecule has 0 bridgehead atoms. The SMILES string of the molecule is CCNC(=O)C(C)N(CCc1ccccc1)C(=O)COc1ccc(C(C)(C)C)cc1Br. The maximum atomic E-state index is 13.0. The molecule has 6 heteroatoms. The van der Waals surface area contributed by atoms with E-state index in [1.165, 1.54) is 5.56 Å². The van der Waals surface area contributed by atoms with Crippen molar-refractivity contribution >= 4 is 27.7 Å². The van der Waals surface area contributed by atoms with Gasteiger partial charge in [0.2, 0.25) is 5.91 Å².